The molecule has 0 amide bonds. The van der Waals surface area contributed by atoms with Gasteiger partial charge in [0.2, 0.25) is 0 Å². The first-order chi connectivity index (χ1) is 8.72. The van der Waals surface area contributed by atoms with Gasteiger partial charge in [0.05, 0.1) is 6.61 Å². The van der Waals surface area contributed by atoms with Crippen molar-refractivity contribution < 1.29 is 4.74 Å². The average Bonchev–Trinajstić information content (AvgIpc) is 2.85. The molecule has 18 heavy (non-hydrogen) atoms. The van der Waals surface area contributed by atoms with Crippen molar-refractivity contribution in [2.75, 3.05) is 19.8 Å². The topological polar surface area (TPSA) is 21.3 Å². The number of rotatable bonds is 5. The van der Waals surface area contributed by atoms with Crippen molar-refractivity contribution in [1.29, 1.82) is 0 Å². The summed E-state index contributed by atoms with van der Waals surface area (Å²) in [5, 5.41) is 3.66. The van der Waals surface area contributed by atoms with Crippen molar-refractivity contribution in [2.45, 2.75) is 25.8 Å². The van der Waals surface area contributed by atoms with Crippen LogP contribution in [-0.4, -0.2) is 19.8 Å². The van der Waals surface area contributed by atoms with E-state index in [1.807, 2.05) is 0 Å². The number of hydrogen-bond acceptors (Lipinski definition) is 2. The second-order valence-electron chi connectivity index (χ2n) is 4.72. The highest BCUT2D eigenvalue weighted by Crippen LogP contribution is 2.34. The first-order valence-electron chi connectivity index (χ1n) is 6.48. The molecule has 1 saturated heterocycles. The van der Waals surface area contributed by atoms with Crippen molar-refractivity contribution in [3.05, 3.63) is 32.7 Å². The lowest BCUT2D eigenvalue weighted by Crippen LogP contribution is -2.29. The molecule has 0 radical (unpaired) electrons. The minimum Gasteiger partial charge on any atom is -0.381 e. The van der Waals surface area contributed by atoms with Gasteiger partial charge in [-0.1, -0.05) is 44.8 Å². The predicted octanol–water partition coefficient (Wildman–Crippen LogP) is 4.29. The van der Waals surface area contributed by atoms with E-state index in [0.717, 1.165) is 41.5 Å². The van der Waals surface area contributed by atoms with Crippen LogP contribution >= 0.6 is 31.9 Å². The van der Waals surface area contributed by atoms with Gasteiger partial charge in [0, 0.05) is 27.5 Å². The van der Waals surface area contributed by atoms with E-state index < -0.39 is 0 Å². The van der Waals surface area contributed by atoms with Gasteiger partial charge >= 0.3 is 0 Å². The molecule has 1 aliphatic rings. The molecule has 100 valence electrons. The molecule has 1 heterocycles. The third-order valence-corrected chi connectivity index (χ3v) is 4.53. The fourth-order valence-corrected chi connectivity index (χ4v) is 3.69. The van der Waals surface area contributed by atoms with Crippen LogP contribution in [0.4, 0.5) is 0 Å². The molecule has 2 nitrogen and oxygen atoms in total. The summed E-state index contributed by atoms with van der Waals surface area (Å²) in [7, 11) is 0. The van der Waals surface area contributed by atoms with E-state index in [-0.39, 0.29) is 0 Å². The van der Waals surface area contributed by atoms with Gasteiger partial charge in [-0.05, 0) is 37.1 Å². The highest BCUT2D eigenvalue weighted by Gasteiger charge is 2.27. The Bertz CT molecular complexity index is 391. The van der Waals surface area contributed by atoms with Crippen LogP contribution in [0.25, 0.3) is 0 Å². The van der Waals surface area contributed by atoms with Crippen molar-refractivity contribution in [2.24, 2.45) is 5.92 Å². The van der Waals surface area contributed by atoms with Crippen molar-refractivity contribution in [1.82, 2.24) is 5.32 Å². The van der Waals surface area contributed by atoms with Crippen LogP contribution in [-0.2, 0) is 4.74 Å². The Balaban J connectivity index is 2.20. The number of hydrogen-bond donors (Lipinski definition) is 1. The van der Waals surface area contributed by atoms with Crippen LogP contribution in [0, 0.1) is 5.92 Å². The molecule has 2 rings (SSSR count). The van der Waals surface area contributed by atoms with E-state index in [9.17, 15) is 0 Å². The molecule has 4 heteroatoms. The zero-order chi connectivity index (χ0) is 13.0. The van der Waals surface area contributed by atoms with E-state index in [0.29, 0.717) is 12.0 Å². The van der Waals surface area contributed by atoms with E-state index >= 15 is 0 Å². The molecule has 2 unspecified atom stereocenters. The Hall–Kier alpha value is 0.1000. The van der Waals surface area contributed by atoms with E-state index in [4.69, 9.17) is 4.74 Å². The lowest BCUT2D eigenvalue weighted by atomic mass is 9.92. The molecular formula is C14H19Br2NO. The Morgan fingerprint density at radius 3 is 2.89 bits per heavy atom. The Labute approximate surface area is 126 Å². The monoisotopic (exact) mass is 375 g/mol. The number of benzene rings is 1. The largest absolute Gasteiger partial charge is 0.381 e. The molecule has 0 bridgehead atoms. The summed E-state index contributed by atoms with van der Waals surface area (Å²) in [5.41, 5.74) is 1.34. The van der Waals surface area contributed by atoms with Crippen LogP contribution in [0.5, 0.6) is 0 Å². The van der Waals surface area contributed by atoms with E-state index in [1.165, 1.54) is 5.56 Å². The van der Waals surface area contributed by atoms with Crippen LogP contribution in [0.15, 0.2) is 27.1 Å². The van der Waals surface area contributed by atoms with Gasteiger partial charge in [0.15, 0.2) is 0 Å². The summed E-state index contributed by atoms with van der Waals surface area (Å²) in [6, 6.07) is 6.80. The minimum atomic E-state index is 0.384. The summed E-state index contributed by atoms with van der Waals surface area (Å²) in [6.07, 6.45) is 2.29. The third kappa shape index (κ3) is 3.56. The molecule has 0 aromatic heterocycles. The van der Waals surface area contributed by atoms with Gasteiger partial charge in [-0.3, -0.25) is 0 Å². The quantitative estimate of drug-likeness (QED) is 0.827. The Morgan fingerprint density at radius 1 is 1.44 bits per heavy atom. The summed E-state index contributed by atoms with van der Waals surface area (Å²) < 4.78 is 7.81. The normalized spacial score (nSPS) is 21.2. The molecule has 2 atom stereocenters. The smallest absolute Gasteiger partial charge is 0.0513 e. The zero-order valence-corrected chi connectivity index (χ0v) is 13.8. The summed E-state index contributed by atoms with van der Waals surface area (Å²) in [5.74, 6) is 0.578. The zero-order valence-electron chi connectivity index (χ0n) is 10.6. The first-order valence-corrected chi connectivity index (χ1v) is 8.07. The van der Waals surface area contributed by atoms with Gasteiger partial charge in [-0.2, -0.15) is 0 Å². The Kier molecular flexibility index (Phi) is 5.67. The van der Waals surface area contributed by atoms with E-state index in [1.54, 1.807) is 0 Å². The maximum absolute atomic E-state index is 5.54. The fourth-order valence-electron chi connectivity index (χ4n) is 2.40. The van der Waals surface area contributed by atoms with Gasteiger partial charge in [-0.15, -0.1) is 0 Å². The van der Waals surface area contributed by atoms with Crippen molar-refractivity contribution in [3.63, 3.8) is 0 Å². The second-order valence-corrected chi connectivity index (χ2v) is 6.49. The Morgan fingerprint density at radius 2 is 2.28 bits per heavy atom. The predicted molar refractivity (Wildman–Crippen MR) is 81.8 cm³/mol. The molecule has 0 spiro atoms. The number of nitrogens with one attached hydrogen (secondary N) is 1. The first kappa shape index (κ1) is 14.5. The summed E-state index contributed by atoms with van der Waals surface area (Å²) >= 11 is 7.18. The standard InChI is InChI=1S/C14H19Br2NO/c1-2-6-17-14(10-5-7-18-9-10)12-4-3-11(15)8-13(12)16/h3-4,8,10,14,17H,2,5-7,9H2,1H3. The second kappa shape index (κ2) is 7.04. The highest BCUT2D eigenvalue weighted by atomic mass is 79.9. The molecule has 1 fully saturated rings. The molecule has 0 saturated carbocycles. The van der Waals surface area contributed by atoms with Crippen LogP contribution in [0.2, 0.25) is 0 Å². The molecule has 1 aromatic carbocycles. The molecular weight excluding hydrogens is 358 g/mol. The van der Waals surface area contributed by atoms with Gasteiger partial charge in [-0.25, -0.2) is 0 Å². The SMILES string of the molecule is CCCNC(c1ccc(Br)cc1Br)C1CCOC1. The van der Waals surface area contributed by atoms with Crippen LogP contribution in [0.3, 0.4) is 0 Å². The van der Waals surface area contributed by atoms with E-state index in [2.05, 4.69) is 62.3 Å². The number of halogens is 2. The molecule has 1 N–H and O–H groups in total. The molecule has 0 aliphatic carbocycles. The average molecular weight is 377 g/mol. The van der Waals surface area contributed by atoms with Crippen LogP contribution in [0.1, 0.15) is 31.4 Å². The summed E-state index contributed by atoms with van der Waals surface area (Å²) in [6.45, 7) is 5.00. The maximum atomic E-state index is 5.54. The third-order valence-electron chi connectivity index (χ3n) is 3.35. The maximum Gasteiger partial charge on any atom is 0.0513 e. The fraction of sp³-hybridized carbons (Fsp3) is 0.571. The minimum absolute atomic E-state index is 0.384. The van der Waals surface area contributed by atoms with Crippen molar-refractivity contribution in [3.8, 4) is 0 Å². The van der Waals surface area contributed by atoms with Gasteiger partial charge in [0.25, 0.3) is 0 Å². The van der Waals surface area contributed by atoms with Gasteiger partial charge in [0.1, 0.15) is 0 Å². The van der Waals surface area contributed by atoms with Gasteiger partial charge < -0.3 is 10.1 Å². The highest BCUT2D eigenvalue weighted by molar-refractivity contribution is 9.11. The van der Waals surface area contributed by atoms with Crippen LogP contribution < -0.4 is 5.32 Å². The lowest BCUT2D eigenvalue weighted by Gasteiger charge is -2.25. The molecule has 1 aromatic rings. The number of ether oxygens (including phenoxy) is 1. The lowest BCUT2D eigenvalue weighted by molar-refractivity contribution is 0.176. The van der Waals surface area contributed by atoms with Crippen molar-refractivity contribution >= 4 is 31.9 Å². The summed E-state index contributed by atoms with van der Waals surface area (Å²) in [4.78, 5) is 0. The molecule has 1 aliphatic heterocycles.